The van der Waals surface area contributed by atoms with Crippen LogP contribution in [0.5, 0.6) is 0 Å². The third kappa shape index (κ3) is 2.07. The summed E-state index contributed by atoms with van der Waals surface area (Å²) in [6, 6.07) is 7.04. The summed E-state index contributed by atoms with van der Waals surface area (Å²) in [5.41, 5.74) is 9.72. The van der Waals surface area contributed by atoms with Gasteiger partial charge in [0.25, 0.3) is 0 Å². The molecule has 16 heavy (non-hydrogen) atoms. The van der Waals surface area contributed by atoms with Crippen LogP contribution in [0.2, 0.25) is 0 Å². The van der Waals surface area contributed by atoms with E-state index in [1.165, 1.54) is 30.4 Å². The summed E-state index contributed by atoms with van der Waals surface area (Å²) in [4.78, 5) is 2.55. The summed E-state index contributed by atoms with van der Waals surface area (Å²) in [5, 5.41) is 0. The van der Waals surface area contributed by atoms with Crippen LogP contribution in [0.15, 0.2) is 18.2 Å². The fraction of sp³-hybridized carbons (Fsp3) is 0.571. The molecule has 1 aliphatic rings. The number of anilines is 1. The van der Waals surface area contributed by atoms with E-state index in [9.17, 15) is 0 Å². The molecule has 1 aromatic carbocycles. The normalized spacial score (nSPS) is 19.8. The summed E-state index contributed by atoms with van der Waals surface area (Å²) < 4.78 is 0. The van der Waals surface area contributed by atoms with Gasteiger partial charge in [0.15, 0.2) is 0 Å². The Kier molecular flexibility index (Phi) is 3.49. The van der Waals surface area contributed by atoms with Crippen molar-refractivity contribution in [2.45, 2.75) is 39.2 Å². The lowest BCUT2D eigenvalue weighted by molar-refractivity contribution is 0.198. The molecule has 0 bridgehead atoms. The molecule has 2 N–H and O–H groups in total. The van der Waals surface area contributed by atoms with Crippen molar-refractivity contribution in [2.75, 3.05) is 18.8 Å². The van der Waals surface area contributed by atoms with E-state index in [1.54, 1.807) is 0 Å². The number of fused-ring (bicyclic) bond motifs is 1. The molecule has 0 saturated carbocycles. The summed E-state index contributed by atoms with van der Waals surface area (Å²) in [5.74, 6) is 0. The van der Waals surface area contributed by atoms with Gasteiger partial charge in [0, 0.05) is 11.7 Å². The maximum atomic E-state index is 5.85. The number of hydrogen-bond donors (Lipinski definition) is 1. The molecule has 1 aromatic rings. The van der Waals surface area contributed by atoms with Crippen molar-refractivity contribution in [3.63, 3.8) is 0 Å². The minimum absolute atomic E-state index is 0.611. The Morgan fingerprint density at radius 1 is 1.31 bits per heavy atom. The van der Waals surface area contributed by atoms with Crippen LogP contribution in [0, 0.1) is 0 Å². The van der Waals surface area contributed by atoms with Gasteiger partial charge in [0.2, 0.25) is 0 Å². The number of hydrogen-bond acceptors (Lipinski definition) is 2. The molecule has 0 saturated heterocycles. The largest absolute Gasteiger partial charge is 0.399 e. The minimum atomic E-state index is 0.611. The van der Waals surface area contributed by atoms with E-state index in [1.807, 2.05) is 6.07 Å². The fourth-order valence-corrected chi connectivity index (χ4v) is 2.85. The lowest BCUT2D eigenvalue weighted by atomic mass is 9.86. The Labute approximate surface area is 98.4 Å². The highest BCUT2D eigenvalue weighted by Gasteiger charge is 2.23. The zero-order chi connectivity index (χ0) is 11.5. The van der Waals surface area contributed by atoms with Crippen LogP contribution < -0.4 is 5.73 Å². The van der Waals surface area contributed by atoms with Gasteiger partial charge in [-0.2, -0.15) is 0 Å². The lowest BCUT2D eigenvalue weighted by Gasteiger charge is -2.34. The van der Waals surface area contributed by atoms with Crippen molar-refractivity contribution < 1.29 is 0 Å². The van der Waals surface area contributed by atoms with Gasteiger partial charge in [-0.25, -0.2) is 0 Å². The predicted octanol–water partition coefficient (Wildman–Crippen LogP) is 2.99. The first-order chi connectivity index (χ1) is 7.76. The summed E-state index contributed by atoms with van der Waals surface area (Å²) in [6.45, 7) is 6.75. The van der Waals surface area contributed by atoms with Crippen LogP contribution in [0.25, 0.3) is 0 Å². The molecule has 1 atom stereocenters. The maximum absolute atomic E-state index is 5.85. The molecule has 88 valence electrons. The fourth-order valence-electron chi connectivity index (χ4n) is 2.85. The van der Waals surface area contributed by atoms with Crippen LogP contribution in [0.4, 0.5) is 5.69 Å². The third-order valence-corrected chi connectivity index (χ3v) is 3.70. The maximum Gasteiger partial charge on any atom is 0.0350 e. The predicted molar refractivity (Wildman–Crippen MR) is 69.5 cm³/mol. The van der Waals surface area contributed by atoms with Crippen molar-refractivity contribution in [1.82, 2.24) is 4.90 Å². The molecule has 1 unspecified atom stereocenters. The first-order valence-corrected chi connectivity index (χ1v) is 6.38. The Morgan fingerprint density at radius 2 is 2.06 bits per heavy atom. The number of aryl methyl sites for hydroxylation is 1. The second kappa shape index (κ2) is 4.88. The number of benzene rings is 1. The van der Waals surface area contributed by atoms with Crippen LogP contribution >= 0.6 is 0 Å². The average Bonchev–Trinajstić information content (AvgIpc) is 2.30. The van der Waals surface area contributed by atoms with Crippen LogP contribution in [0.3, 0.4) is 0 Å². The van der Waals surface area contributed by atoms with E-state index in [-0.39, 0.29) is 0 Å². The molecule has 0 fully saturated rings. The molecular formula is C14H22N2. The van der Waals surface area contributed by atoms with E-state index in [0.29, 0.717) is 6.04 Å². The van der Waals surface area contributed by atoms with Gasteiger partial charge in [-0.05, 0) is 55.6 Å². The topological polar surface area (TPSA) is 29.3 Å². The quantitative estimate of drug-likeness (QED) is 0.790. The van der Waals surface area contributed by atoms with Crippen molar-refractivity contribution >= 4 is 5.69 Å². The van der Waals surface area contributed by atoms with Gasteiger partial charge in [-0.1, -0.05) is 19.9 Å². The molecule has 1 aliphatic carbocycles. The number of nitrogens with two attached hydrogens (primary N) is 1. The minimum Gasteiger partial charge on any atom is -0.399 e. The number of nitrogens with zero attached hydrogens (tertiary/aromatic N) is 1. The van der Waals surface area contributed by atoms with Crippen molar-refractivity contribution in [1.29, 1.82) is 0 Å². The number of rotatable bonds is 3. The summed E-state index contributed by atoms with van der Waals surface area (Å²) in [7, 11) is 0. The Bertz CT molecular complexity index is 356. The third-order valence-electron chi connectivity index (χ3n) is 3.70. The summed E-state index contributed by atoms with van der Waals surface area (Å²) in [6.07, 6.45) is 3.77. The smallest absolute Gasteiger partial charge is 0.0350 e. The van der Waals surface area contributed by atoms with Gasteiger partial charge >= 0.3 is 0 Å². The van der Waals surface area contributed by atoms with E-state index >= 15 is 0 Å². The molecule has 0 amide bonds. The van der Waals surface area contributed by atoms with Crippen molar-refractivity contribution in [3.8, 4) is 0 Å². The zero-order valence-electron chi connectivity index (χ0n) is 10.4. The van der Waals surface area contributed by atoms with Gasteiger partial charge in [-0.15, -0.1) is 0 Å². The van der Waals surface area contributed by atoms with E-state index < -0.39 is 0 Å². The van der Waals surface area contributed by atoms with Gasteiger partial charge < -0.3 is 5.73 Å². The van der Waals surface area contributed by atoms with Gasteiger partial charge in [0.1, 0.15) is 0 Å². The second-order valence-electron chi connectivity index (χ2n) is 4.59. The molecule has 0 aromatic heterocycles. The van der Waals surface area contributed by atoms with Crippen LogP contribution in [-0.4, -0.2) is 18.0 Å². The molecule has 0 heterocycles. The molecule has 0 aliphatic heterocycles. The van der Waals surface area contributed by atoms with Gasteiger partial charge in [0.05, 0.1) is 0 Å². The molecular weight excluding hydrogens is 196 g/mol. The first kappa shape index (κ1) is 11.5. The van der Waals surface area contributed by atoms with Crippen LogP contribution in [0.1, 0.15) is 43.9 Å². The standard InChI is InChI=1S/C14H22N2/c1-3-16(4-2)14-7-5-6-11-10-12(15)8-9-13(11)14/h8-10,14H,3-7,15H2,1-2H3. The molecule has 2 rings (SSSR count). The highest BCUT2D eigenvalue weighted by atomic mass is 15.1. The monoisotopic (exact) mass is 218 g/mol. The SMILES string of the molecule is CCN(CC)C1CCCc2cc(N)ccc21. The lowest BCUT2D eigenvalue weighted by Crippen LogP contribution is -2.31. The highest BCUT2D eigenvalue weighted by molar-refractivity contribution is 5.46. The Morgan fingerprint density at radius 3 is 2.75 bits per heavy atom. The molecule has 0 radical (unpaired) electrons. The van der Waals surface area contributed by atoms with Crippen molar-refractivity contribution in [3.05, 3.63) is 29.3 Å². The van der Waals surface area contributed by atoms with E-state index in [4.69, 9.17) is 5.73 Å². The van der Waals surface area contributed by atoms with Crippen molar-refractivity contribution in [2.24, 2.45) is 0 Å². The molecule has 2 nitrogen and oxygen atoms in total. The average molecular weight is 218 g/mol. The van der Waals surface area contributed by atoms with E-state index in [0.717, 1.165) is 18.8 Å². The van der Waals surface area contributed by atoms with Gasteiger partial charge in [-0.3, -0.25) is 4.90 Å². The highest BCUT2D eigenvalue weighted by Crippen LogP contribution is 2.34. The zero-order valence-corrected chi connectivity index (χ0v) is 10.4. The molecule has 2 heteroatoms. The Hall–Kier alpha value is -1.02. The Balaban J connectivity index is 2.32. The van der Waals surface area contributed by atoms with E-state index in [2.05, 4.69) is 30.9 Å². The molecule has 0 spiro atoms. The first-order valence-electron chi connectivity index (χ1n) is 6.38. The summed E-state index contributed by atoms with van der Waals surface area (Å²) >= 11 is 0. The van der Waals surface area contributed by atoms with Crippen LogP contribution in [-0.2, 0) is 6.42 Å². The second-order valence-corrected chi connectivity index (χ2v) is 4.59. The number of nitrogen functional groups attached to an aromatic ring is 1.